The van der Waals surface area contributed by atoms with Gasteiger partial charge in [0, 0.05) is 16.2 Å². The zero-order chi connectivity index (χ0) is 14.7. The number of amides is 1. The molecule has 0 saturated heterocycles. The Kier molecular flexibility index (Phi) is 5.05. The van der Waals surface area contributed by atoms with Crippen molar-refractivity contribution in [3.05, 3.63) is 68.3 Å². The predicted molar refractivity (Wildman–Crippen MR) is 91.1 cm³/mol. The van der Waals surface area contributed by atoms with E-state index in [4.69, 9.17) is 11.6 Å². The number of benzene rings is 2. The lowest BCUT2D eigenvalue weighted by Crippen LogP contribution is -2.29. The molecule has 104 valence electrons. The third-order valence-electron chi connectivity index (χ3n) is 3.35. The Labute approximate surface area is 137 Å². The highest BCUT2D eigenvalue weighted by Crippen LogP contribution is 2.23. The van der Waals surface area contributed by atoms with Gasteiger partial charge in [0.1, 0.15) is 0 Å². The average Bonchev–Trinajstić information content (AvgIpc) is 2.48. The molecule has 0 aromatic heterocycles. The van der Waals surface area contributed by atoms with Gasteiger partial charge in [-0.3, -0.25) is 4.79 Å². The minimum atomic E-state index is -0.0281. The molecule has 20 heavy (non-hydrogen) atoms. The first-order valence-corrected chi connectivity index (χ1v) is 7.73. The van der Waals surface area contributed by atoms with Crippen LogP contribution >= 0.6 is 34.2 Å². The number of nitrogens with zero attached hydrogens (tertiary/aromatic N) is 1. The lowest BCUT2D eigenvalue weighted by Gasteiger charge is -2.25. The second kappa shape index (κ2) is 6.59. The Morgan fingerprint density at radius 1 is 1.20 bits per heavy atom. The maximum absolute atomic E-state index is 12.5. The third-order valence-corrected chi connectivity index (χ3v) is 4.92. The van der Waals surface area contributed by atoms with E-state index in [0.29, 0.717) is 10.6 Å². The van der Waals surface area contributed by atoms with Crippen LogP contribution in [0.4, 0.5) is 0 Å². The normalized spacial score (nSPS) is 12.0. The van der Waals surface area contributed by atoms with Crippen LogP contribution in [0.3, 0.4) is 0 Å². The monoisotopic (exact) mass is 399 g/mol. The lowest BCUT2D eigenvalue weighted by atomic mass is 10.1. The fourth-order valence-electron chi connectivity index (χ4n) is 1.96. The molecule has 0 heterocycles. The standard InChI is InChI=1S/C16H15ClINO/c1-11(12-6-4-3-5-7-12)19(2)16(20)13-8-9-15(18)14(17)10-13/h3-11H,1-2H3. The first kappa shape index (κ1) is 15.3. The molecule has 1 unspecified atom stereocenters. The first-order chi connectivity index (χ1) is 9.50. The van der Waals surface area contributed by atoms with E-state index in [9.17, 15) is 4.79 Å². The largest absolute Gasteiger partial charge is 0.335 e. The third kappa shape index (κ3) is 3.33. The molecule has 1 atom stereocenters. The summed E-state index contributed by atoms with van der Waals surface area (Å²) < 4.78 is 0.944. The minimum Gasteiger partial charge on any atom is -0.335 e. The summed E-state index contributed by atoms with van der Waals surface area (Å²) in [6.07, 6.45) is 0. The molecule has 0 saturated carbocycles. The van der Waals surface area contributed by atoms with Crippen LogP contribution in [0.5, 0.6) is 0 Å². The zero-order valence-electron chi connectivity index (χ0n) is 11.3. The van der Waals surface area contributed by atoms with Crippen molar-refractivity contribution in [1.29, 1.82) is 0 Å². The molecule has 2 aromatic rings. The van der Waals surface area contributed by atoms with E-state index < -0.39 is 0 Å². The van der Waals surface area contributed by atoms with Gasteiger partial charge in [-0.05, 0) is 53.3 Å². The summed E-state index contributed by atoms with van der Waals surface area (Å²) in [4.78, 5) is 14.2. The highest BCUT2D eigenvalue weighted by Gasteiger charge is 2.19. The molecule has 0 fully saturated rings. The van der Waals surface area contributed by atoms with Gasteiger partial charge < -0.3 is 4.90 Å². The van der Waals surface area contributed by atoms with E-state index in [1.165, 1.54) is 0 Å². The van der Waals surface area contributed by atoms with E-state index in [1.807, 2.05) is 56.4 Å². The molecule has 0 N–H and O–H groups in total. The molecule has 0 spiro atoms. The lowest BCUT2D eigenvalue weighted by molar-refractivity contribution is 0.0742. The van der Waals surface area contributed by atoms with Gasteiger partial charge in [0.05, 0.1) is 11.1 Å². The van der Waals surface area contributed by atoms with Crippen LogP contribution in [-0.2, 0) is 0 Å². The van der Waals surface area contributed by atoms with Crippen molar-refractivity contribution < 1.29 is 4.79 Å². The smallest absolute Gasteiger partial charge is 0.254 e. The maximum atomic E-state index is 12.5. The molecule has 0 aliphatic heterocycles. The maximum Gasteiger partial charge on any atom is 0.254 e. The number of hydrogen-bond acceptors (Lipinski definition) is 1. The molecule has 0 radical (unpaired) electrons. The molecule has 1 amide bonds. The van der Waals surface area contributed by atoms with Gasteiger partial charge in [-0.15, -0.1) is 0 Å². The summed E-state index contributed by atoms with van der Waals surface area (Å²) in [7, 11) is 1.81. The zero-order valence-corrected chi connectivity index (χ0v) is 14.2. The van der Waals surface area contributed by atoms with E-state index in [-0.39, 0.29) is 11.9 Å². The van der Waals surface area contributed by atoms with Crippen LogP contribution in [0.2, 0.25) is 5.02 Å². The molecule has 2 nitrogen and oxygen atoms in total. The highest BCUT2D eigenvalue weighted by atomic mass is 127. The number of carbonyl (C=O) groups is 1. The topological polar surface area (TPSA) is 20.3 Å². The minimum absolute atomic E-state index is 0.0155. The van der Waals surface area contributed by atoms with Crippen LogP contribution < -0.4 is 0 Å². The predicted octanol–water partition coefficient (Wildman–Crippen LogP) is 4.78. The van der Waals surface area contributed by atoms with Crippen LogP contribution in [0, 0.1) is 3.57 Å². The summed E-state index contributed by atoms with van der Waals surface area (Å²) >= 11 is 8.23. The highest BCUT2D eigenvalue weighted by molar-refractivity contribution is 14.1. The van der Waals surface area contributed by atoms with Crippen molar-refractivity contribution in [2.45, 2.75) is 13.0 Å². The molecule has 0 bridgehead atoms. The Balaban J connectivity index is 2.22. The molecule has 0 aliphatic rings. The van der Waals surface area contributed by atoms with Crippen molar-refractivity contribution in [3.63, 3.8) is 0 Å². The van der Waals surface area contributed by atoms with Crippen LogP contribution in [-0.4, -0.2) is 17.9 Å². The number of hydrogen-bond donors (Lipinski definition) is 0. The number of halogens is 2. The van der Waals surface area contributed by atoms with E-state index in [2.05, 4.69) is 22.6 Å². The van der Waals surface area contributed by atoms with Crippen LogP contribution in [0.25, 0.3) is 0 Å². The van der Waals surface area contributed by atoms with Gasteiger partial charge in [0.2, 0.25) is 0 Å². The van der Waals surface area contributed by atoms with Crippen LogP contribution in [0.15, 0.2) is 48.5 Å². The second-order valence-electron chi connectivity index (χ2n) is 4.63. The SMILES string of the molecule is CC(c1ccccc1)N(C)C(=O)c1ccc(I)c(Cl)c1. The fraction of sp³-hybridized carbons (Fsp3) is 0.188. The molecular weight excluding hydrogens is 385 g/mol. The quantitative estimate of drug-likeness (QED) is 0.680. The fourth-order valence-corrected chi connectivity index (χ4v) is 2.48. The first-order valence-electron chi connectivity index (χ1n) is 6.28. The Morgan fingerprint density at radius 3 is 2.45 bits per heavy atom. The van der Waals surface area contributed by atoms with Crippen molar-refractivity contribution in [2.24, 2.45) is 0 Å². The summed E-state index contributed by atoms with van der Waals surface area (Å²) in [5.74, 6) is -0.0281. The van der Waals surface area contributed by atoms with E-state index >= 15 is 0 Å². The van der Waals surface area contributed by atoms with E-state index in [1.54, 1.807) is 11.0 Å². The summed E-state index contributed by atoms with van der Waals surface area (Å²) in [6, 6.07) is 15.4. The molecule has 2 rings (SSSR count). The Morgan fingerprint density at radius 2 is 1.85 bits per heavy atom. The van der Waals surface area contributed by atoms with Gasteiger partial charge in [0.25, 0.3) is 5.91 Å². The molecule has 2 aromatic carbocycles. The second-order valence-corrected chi connectivity index (χ2v) is 6.20. The van der Waals surface area contributed by atoms with Crippen molar-refractivity contribution >= 4 is 40.1 Å². The Bertz CT molecular complexity index is 615. The summed E-state index contributed by atoms with van der Waals surface area (Å²) in [5.41, 5.74) is 1.72. The number of carbonyl (C=O) groups excluding carboxylic acids is 1. The van der Waals surface area contributed by atoms with Crippen LogP contribution in [0.1, 0.15) is 28.9 Å². The molecular formula is C16H15ClINO. The summed E-state index contributed by atoms with van der Waals surface area (Å²) in [5, 5.41) is 0.609. The van der Waals surface area contributed by atoms with Crippen molar-refractivity contribution in [2.75, 3.05) is 7.05 Å². The van der Waals surface area contributed by atoms with Gasteiger partial charge in [-0.2, -0.15) is 0 Å². The number of rotatable bonds is 3. The average molecular weight is 400 g/mol. The van der Waals surface area contributed by atoms with Crippen molar-refractivity contribution in [1.82, 2.24) is 4.90 Å². The van der Waals surface area contributed by atoms with Gasteiger partial charge in [-0.25, -0.2) is 0 Å². The van der Waals surface area contributed by atoms with Gasteiger partial charge >= 0.3 is 0 Å². The molecule has 4 heteroatoms. The van der Waals surface area contributed by atoms with Crippen molar-refractivity contribution in [3.8, 4) is 0 Å². The molecule has 0 aliphatic carbocycles. The Hall–Kier alpha value is -1.07. The summed E-state index contributed by atoms with van der Waals surface area (Å²) in [6.45, 7) is 2.02. The van der Waals surface area contributed by atoms with Gasteiger partial charge in [-0.1, -0.05) is 41.9 Å². The van der Waals surface area contributed by atoms with E-state index in [0.717, 1.165) is 9.13 Å². The van der Waals surface area contributed by atoms with Gasteiger partial charge in [0.15, 0.2) is 0 Å².